The van der Waals surface area contributed by atoms with Crippen LogP contribution in [0.2, 0.25) is 5.15 Å². The average molecular weight is 735 g/mol. The molecule has 0 atom stereocenters. The Balaban J connectivity index is 1.25. The molecule has 0 saturated heterocycles. The third kappa shape index (κ3) is 7.23. The van der Waals surface area contributed by atoms with Crippen molar-refractivity contribution < 1.29 is 14.7 Å². The van der Waals surface area contributed by atoms with Crippen molar-refractivity contribution >= 4 is 23.4 Å². The number of carboxylic acids is 1. The lowest BCUT2D eigenvalue weighted by atomic mass is 9.77. The lowest BCUT2D eigenvalue weighted by molar-refractivity contribution is -0.136. The fraction of sp³-hybridized carbons (Fsp3) is 0.182. The molecule has 5 aromatic carbocycles. The predicted octanol–water partition coefficient (Wildman–Crippen LogP) is 9.14. The number of aromatic nitrogens is 6. The zero-order valence-electron chi connectivity index (χ0n) is 29.8. The maximum atomic E-state index is 13.2. The van der Waals surface area contributed by atoms with Crippen LogP contribution in [-0.2, 0) is 23.3 Å². The number of nitrogens with zero attached hydrogens (tertiary/aromatic N) is 6. The summed E-state index contributed by atoms with van der Waals surface area (Å²) in [6.45, 7) is 2.46. The number of carboxylic acid groups (broad SMARTS) is 1. The Bertz CT molecular complexity index is 2260. The van der Waals surface area contributed by atoms with Gasteiger partial charge in [-0.3, -0.25) is 9.59 Å². The highest BCUT2D eigenvalue weighted by molar-refractivity contribution is 6.32. The van der Waals surface area contributed by atoms with Gasteiger partial charge in [-0.25, -0.2) is 4.98 Å². The van der Waals surface area contributed by atoms with Crippen LogP contribution in [0.1, 0.15) is 71.2 Å². The van der Waals surface area contributed by atoms with E-state index in [9.17, 15) is 14.7 Å². The number of hydrogen-bond donors (Lipinski definition) is 1. The summed E-state index contributed by atoms with van der Waals surface area (Å²) >= 11 is 6.50. The van der Waals surface area contributed by atoms with Crippen molar-refractivity contribution in [3.8, 4) is 22.5 Å². The molecule has 0 bridgehead atoms. The maximum Gasteiger partial charge on any atom is 0.303 e. The number of rotatable bonds is 15. The molecule has 7 aromatic rings. The molecule has 7 rings (SSSR count). The molecule has 1 N–H and O–H groups in total. The second kappa shape index (κ2) is 16.2. The minimum atomic E-state index is -1.03. The van der Waals surface area contributed by atoms with E-state index in [-0.39, 0.29) is 29.5 Å². The first-order valence-electron chi connectivity index (χ1n) is 18.1. The number of Topliss-reactive ketones (excluding diaryl/α,β-unsaturated/α-hetero) is 1. The lowest BCUT2D eigenvalue weighted by Gasteiger charge is -2.34. The highest BCUT2D eigenvalue weighted by atomic mass is 35.5. The van der Waals surface area contributed by atoms with E-state index < -0.39 is 11.5 Å². The van der Waals surface area contributed by atoms with Gasteiger partial charge in [0.05, 0.1) is 6.42 Å². The topological polar surface area (TPSA) is 116 Å². The number of aliphatic carboxylic acids is 1. The Morgan fingerprint density at radius 3 is 1.83 bits per heavy atom. The van der Waals surface area contributed by atoms with Crippen LogP contribution < -0.4 is 0 Å². The zero-order valence-corrected chi connectivity index (χ0v) is 30.6. The van der Waals surface area contributed by atoms with E-state index in [2.05, 4.69) is 53.4 Å². The quantitative estimate of drug-likeness (QED) is 0.0825. The Morgan fingerprint density at radius 1 is 0.722 bits per heavy atom. The molecule has 0 radical (unpaired) electrons. The average Bonchev–Trinajstić information content (AvgIpc) is 3.82. The normalized spacial score (nSPS) is 11.4. The molecule has 2 heterocycles. The first-order chi connectivity index (χ1) is 26.4. The van der Waals surface area contributed by atoms with Crippen LogP contribution in [0.4, 0.5) is 0 Å². The summed E-state index contributed by atoms with van der Waals surface area (Å²) in [6.07, 6.45) is 2.07. The molecular weight excluding hydrogens is 696 g/mol. The lowest BCUT2D eigenvalue weighted by Crippen LogP contribution is -2.39. The molecule has 0 unspecified atom stereocenters. The fourth-order valence-electron chi connectivity index (χ4n) is 7.02. The standard InChI is InChI=1S/C44H39ClN6O3/c1-2-3-23-39-46-42(45)41(38(52)28-29-40(53)54)50(39)30-31-24-26-32(27-25-31)36-21-13-14-22-37(36)43-47-49-51(48-43)44(33-15-7-4-8-16-33,34-17-9-5-10-18-34)35-19-11-6-12-20-35/h4-22,24-27H,2-3,23,28-30H2,1H3,(H,53,54). The Kier molecular flexibility index (Phi) is 10.9. The Hall–Kier alpha value is -6.19. The first-order valence-corrected chi connectivity index (χ1v) is 18.4. The highest BCUT2D eigenvalue weighted by Gasteiger charge is 2.41. The summed E-state index contributed by atoms with van der Waals surface area (Å²) in [6, 6.07) is 46.9. The van der Waals surface area contributed by atoms with Crippen LogP contribution in [-0.4, -0.2) is 46.6 Å². The van der Waals surface area contributed by atoms with E-state index >= 15 is 0 Å². The molecule has 0 spiro atoms. The molecule has 0 saturated carbocycles. The maximum absolute atomic E-state index is 13.2. The molecule has 0 amide bonds. The molecule has 9 nitrogen and oxygen atoms in total. The van der Waals surface area contributed by atoms with Crippen molar-refractivity contribution in [1.29, 1.82) is 0 Å². The van der Waals surface area contributed by atoms with Gasteiger partial charge in [0, 0.05) is 24.9 Å². The molecular formula is C44H39ClN6O3. The second-order valence-electron chi connectivity index (χ2n) is 13.1. The summed E-state index contributed by atoms with van der Waals surface area (Å²) in [5.74, 6) is -0.172. The molecule has 0 aliphatic rings. The van der Waals surface area contributed by atoms with Crippen molar-refractivity contribution in [3.63, 3.8) is 0 Å². The number of halogens is 1. The molecule has 0 aliphatic carbocycles. The number of unbranched alkanes of at least 4 members (excludes halogenated alkanes) is 1. The van der Waals surface area contributed by atoms with Crippen LogP contribution in [0.5, 0.6) is 0 Å². The largest absolute Gasteiger partial charge is 0.481 e. The number of hydrogen-bond acceptors (Lipinski definition) is 6. The number of tetrazole rings is 1. The van der Waals surface area contributed by atoms with Crippen LogP contribution in [0.3, 0.4) is 0 Å². The molecule has 270 valence electrons. The minimum Gasteiger partial charge on any atom is -0.481 e. The van der Waals surface area contributed by atoms with E-state index in [4.69, 9.17) is 21.9 Å². The summed E-state index contributed by atoms with van der Waals surface area (Å²) < 4.78 is 1.84. The molecule has 0 fully saturated rings. The van der Waals surface area contributed by atoms with E-state index in [0.717, 1.165) is 51.8 Å². The van der Waals surface area contributed by atoms with Crippen molar-refractivity contribution in [2.75, 3.05) is 0 Å². The van der Waals surface area contributed by atoms with Crippen molar-refractivity contribution in [2.24, 2.45) is 0 Å². The third-order valence-corrected chi connectivity index (χ3v) is 9.91. The first kappa shape index (κ1) is 36.2. The zero-order chi connectivity index (χ0) is 37.5. The van der Waals surface area contributed by atoms with Gasteiger partial charge in [0.1, 0.15) is 11.5 Å². The van der Waals surface area contributed by atoms with Gasteiger partial charge in [-0.1, -0.05) is 164 Å². The van der Waals surface area contributed by atoms with Crippen molar-refractivity contribution in [2.45, 2.75) is 51.1 Å². The van der Waals surface area contributed by atoms with E-state index in [1.54, 1.807) is 4.80 Å². The Labute approximate surface area is 318 Å². The van der Waals surface area contributed by atoms with Gasteiger partial charge < -0.3 is 9.67 Å². The summed E-state index contributed by atoms with van der Waals surface area (Å²) in [5, 5.41) is 23.8. The number of aryl methyl sites for hydroxylation is 1. The minimum absolute atomic E-state index is 0.110. The van der Waals surface area contributed by atoms with Crippen molar-refractivity contribution in [1.82, 2.24) is 29.8 Å². The van der Waals surface area contributed by atoms with Gasteiger partial charge in [0.2, 0.25) is 5.82 Å². The number of carbonyl (C=O) groups is 2. The molecule has 0 aliphatic heterocycles. The number of imidazole rings is 1. The molecule has 54 heavy (non-hydrogen) atoms. The molecule has 2 aromatic heterocycles. The smallest absolute Gasteiger partial charge is 0.303 e. The molecule has 10 heteroatoms. The monoisotopic (exact) mass is 734 g/mol. The second-order valence-corrected chi connectivity index (χ2v) is 13.5. The van der Waals surface area contributed by atoms with Crippen LogP contribution in [0, 0.1) is 0 Å². The number of benzene rings is 5. The Morgan fingerprint density at radius 2 is 1.28 bits per heavy atom. The summed E-state index contributed by atoms with van der Waals surface area (Å²) in [7, 11) is 0. The van der Waals surface area contributed by atoms with Gasteiger partial charge in [-0.2, -0.15) is 0 Å². The van der Waals surface area contributed by atoms with Gasteiger partial charge in [-0.05, 0) is 45.0 Å². The SMILES string of the molecule is CCCCc1nc(Cl)c(C(=O)CCC(=O)O)n1Cc1ccc(-c2ccccc2-c2nnn(C(c3ccccc3)(c3ccccc3)c3ccccc3)n2)cc1. The van der Waals surface area contributed by atoms with Crippen LogP contribution in [0.15, 0.2) is 140 Å². The third-order valence-electron chi connectivity index (χ3n) is 9.65. The fourth-order valence-corrected chi connectivity index (χ4v) is 7.32. The van der Waals surface area contributed by atoms with Crippen molar-refractivity contribution in [3.05, 3.63) is 178 Å². The van der Waals surface area contributed by atoms with Gasteiger partial charge in [0.25, 0.3) is 0 Å². The van der Waals surface area contributed by atoms with E-state index in [0.29, 0.717) is 24.6 Å². The van der Waals surface area contributed by atoms with E-state index in [1.807, 2.05) is 108 Å². The number of ketones is 1. The summed E-state index contributed by atoms with van der Waals surface area (Å²) in [5.41, 5.74) is 6.02. The van der Waals surface area contributed by atoms with Gasteiger partial charge >= 0.3 is 5.97 Å². The van der Waals surface area contributed by atoms with E-state index in [1.165, 1.54) is 0 Å². The number of carbonyl (C=O) groups excluding carboxylic acids is 1. The van der Waals surface area contributed by atoms with Crippen LogP contribution in [0.25, 0.3) is 22.5 Å². The predicted molar refractivity (Wildman–Crippen MR) is 209 cm³/mol. The van der Waals surface area contributed by atoms with Gasteiger partial charge in [-0.15, -0.1) is 15.0 Å². The highest BCUT2D eigenvalue weighted by Crippen LogP contribution is 2.40. The van der Waals surface area contributed by atoms with Gasteiger partial charge in [0.15, 0.2) is 16.5 Å². The van der Waals surface area contributed by atoms with Crippen LogP contribution >= 0.6 is 11.6 Å². The summed E-state index contributed by atoms with van der Waals surface area (Å²) in [4.78, 5) is 30.6.